The molecule has 1 aliphatic heterocycles. The van der Waals surface area contributed by atoms with Crippen molar-refractivity contribution in [3.63, 3.8) is 0 Å². The highest BCUT2D eigenvalue weighted by molar-refractivity contribution is 5.99. The van der Waals surface area contributed by atoms with Crippen LogP contribution >= 0.6 is 0 Å². The van der Waals surface area contributed by atoms with Crippen molar-refractivity contribution in [3.05, 3.63) is 94.5 Å². The van der Waals surface area contributed by atoms with Crippen molar-refractivity contribution in [2.24, 2.45) is 0 Å². The summed E-state index contributed by atoms with van der Waals surface area (Å²) in [6.45, 7) is 1.92. The third-order valence-electron chi connectivity index (χ3n) is 7.26. The highest BCUT2D eigenvalue weighted by Gasteiger charge is 2.37. The average Bonchev–Trinajstić information content (AvgIpc) is 3.42. The number of carbonyl (C=O) groups is 2. The Kier molecular flexibility index (Phi) is 10.8. The second-order valence-corrected chi connectivity index (χ2v) is 10.7. The molecule has 0 bridgehead atoms. The van der Waals surface area contributed by atoms with Gasteiger partial charge in [0.15, 0.2) is 0 Å². The molecule has 0 saturated carbocycles. The Bertz CT molecular complexity index is 1450. The fraction of sp³-hybridized carbons (Fsp3) is 0.375. The number of carbonyl (C=O) groups excluding carboxylic acids is 2. The first kappa shape index (κ1) is 33.8. The molecule has 1 saturated heterocycles. The number of hydrogen-bond donors (Lipinski definition) is 3. The molecule has 0 aromatic heterocycles. The topological polar surface area (TPSA) is 90.9 Å². The number of benzene rings is 3. The van der Waals surface area contributed by atoms with Gasteiger partial charge in [-0.25, -0.2) is 0 Å². The summed E-state index contributed by atoms with van der Waals surface area (Å²) >= 11 is 0. The van der Waals surface area contributed by atoms with E-state index in [4.69, 9.17) is 4.74 Å². The maximum atomic E-state index is 13.5. The first-order chi connectivity index (χ1) is 21.2. The Morgan fingerprint density at radius 1 is 0.956 bits per heavy atom. The van der Waals surface area contributed by atoms with Crippen molar-refractivity contribution < 1.29 is 45.8 Å². The van der Waals surface area contributed by atoms with Crippen LogP contribution in [0.3, 0.4) is 0 Å². The van der Waals surface area contributed by atoms with Gasteiger partial charge in [0.25, 0.3) is 5.91 Å². The first-order valence-electron chi connectivity index (χ1n) is 14.3. The molecule has 2 atom stereocenters. The fourth-order valence-corrected chi connectivity index (χ4v) is 5.07. The predicted molar refractivity (Wildman–Crippen MR) is 155 cm³/mol. The van der Waals surface area contributed by atoms with Gasteiger partial charge >= 0.3 is 12.4 Å². The van der Waals surface area contributed by atoms with E-state index in [-0.39, 0.29) is 36.1 Å². The standard InChI is InChI=1S/C32H33F6N3O4/c1-2-45-26-15-22(14-25(17-26)41-10-6-9-29(41)43)30(44)40-27(13-20-7-4-3-5-8-20)28(42)19-39-18-21-11-23(31(33,34)35)16-24(12-21)32(36,37)38/h3-5,7-8,11-12,14-17,27-28,39,42H,2,6,9-10,13,18-19H2,1H3,(H,40,44). The molecule has 0 radical (unpaired) electrons. The molecule has 3 N–H and O–H groups in total. The van der Waals surface area contributed by atoms with E-state index in [2.05, 4.69) is 10.6 Å². The maximum Gasteiger partial charge on any atom is 0.416 e. The number of aliphatic hydroxyl groups is 1. The van der Waals surface area contributed by atoms with Gasteiger partial charge in [-0.1, -0.05) is 30.3 Å². The minimum absolute atomic E-state index is 0.0510. The summed E-state index contributed by atoms with van der Waals surface area (Å²) < 4.78 is 85.2. The molecule has 0 spiro atoms. The third-order valence-corrected chi connectivity index (χ3v) is 7.26. The van der Waals surface area contributed by atoms with Gasteiger partial charge in [-0.05, 0) is 61.2 Å². The molecule has 3 aromatic rings. The molecule has 1 heterocycles. The number of alkyl halides is 6. The highest BCUT2D eigenvalue weighted by atomic mass is 19.4. The summed E-state index contributed by atoms with van der Waals surface area (Å²) in [5.74, 6) is -0.278. The van der Waals surface area contributed by atoms with Crippen LogP contribution in [0, 0.1) is 0 Å². The number of hydrogen-bond acceptors (Lipinski definition) is 5. The van der Waals surface area contributed by atoms with Crippen molar-refractivity contribution in [3.8, 4) is 5.75 Å². The Hall–Kier alpha value is -4.10. The van der Waals surface area contributed by atoms with Crippen LogP contribution in [-0.2, 0) is 30.1 Å². The van der Waals surface area contributed by atoms with E-state index in [1.807, 2.05) is 0 Å². The van der Waals surface area contributed by atoms with E-state index in [1.165, 1.54) is 6.07 Å². The van der Waals surface area contributed by atoms with Gasteiger partial charge in [-0.3, -0.25) is 9.59 Å². The number of aliphatic hydroxyl groups excluding tert-OH is 1. The van der Waals surface area contributed by atoms with Gasteiger partial charge in [0.1, 0.15) is 5.75 Å². The van der Waals surface area contributed by atoms with Gasteiger partial charge in [-0.15, -0.1) is 0 Å². The van der Waals surface area contributed by atoms with Crippen LogP contribution in [0.5, 0.6) is 5.75 Å². The van der Waals surface area contributed by atoms with E-state index in [0.29, 0.717) is 49.6 Å². The van der Waals surface area contributed by atoms with E-state index in [9.17, 15) is 41.0 Å². The lowest BCUT2D eigenvalue weighted by Crippen LogP contribution is -2.48. The van der Waals surface area contributed by atoms with Crippen molar-refractivity contribution in [1.29, 1.82) is 0 Å². The lowest BCUT2D eigenvalue weighted by Gasteiger charge is -2.25. The Labute approximate surface area is 256 Å². The van der Waals surface area contributed by atoms with Crippen molar-refractivity contribution >= 4 is 17.5 Å². The lowest BCUT2D eigenvalue weighted by atomic mass is 10.00. The van der Waals surface area contributed by atoms with Gasteiger partial charge in [-0.2, -0.15) is 26.3 Å². The monoisotopic (exact) mass is 637 g/mol. The zero-order valence-electron chi connectivity index (χ0n) is 24.3. The van der Waals surface area contributed by atoms with Gasteiger partial charge < -0.3 is 25.4 Å². The van der Waals surface area contributed by atoms with Crippen molar-refractivity contribution in [1.82, 2.24) is 10.6 Å². The van der Waals surface area contributed by atoms with Gasteiger partial charge in [0, 0.05) is 43.4 Å². The van der Waals surface area contributed by atoms with Crippen molar-refractivity contribution in [2.75, 3.05) is 24.6 Å². The van der Waals surface area contributed by atoms with Crippen molar-refractivity contribution in [2.45, 2.75) is 57.2 Å². The molecule has 2 amide bonds. The largest absolute Gasteiger partial charge is 0.494 e. The first-order valence-corrected chi connectivity index (χ1v) is 14.3. The van der Waals surface area contributed by atoms with Crippen LogP contribution in [0.25, 0.3) is 0 Å². The summed E-state index contributed by atoms with van der Waals surface area (Å²) in [6.07, 6.45) is -10.0. The predicted octanol–water partition coefficient (Wildman–Crippen LogP) is 5.74. The minimum Gasteiger partial charge on any atom is -0.494 e. The SMILES string of the molecule is CCOc1cc(C(=O)NC(Cc2ccccc2)C(O)CNCc2cc(C(F)(F)F)cc(C(F)(F)F)c2)cc(N2CCCC2=O)c1. The minimum atomic E-state index is -4.98. The number of amides is 2. The zero-order valence-corrected chi connectivity index (χ0v) is 24.3. The average molecular weight is 638 g/mol. The fourth-order valence-electron chi connectivity index (χ4n) is 5.07. The molecule has 13 heteroatoms. The number of nitrogens with zero attached hydrogens (tertiary/aromatic N) is 1. The van der Waals surface area contributed by atoms with E-state index >= 15 is 0 Å². The number of ether oxygens (including phenoxy) is 1. The summed E-state index contributed by atoms with van der Waals surface area (Å²) in [5.41, 5.74) is -1.71. The molecule has 2 unspecified atom stereocenters. The summed E-state index contributed by atoms with van der Waals surface area (Å²) in [6, 6.07) is 14.0. The summed E-state index contributed by atoms with van der Waals surface area (Å²) in [4.78, 5) is 27.4. The van der Waals surface area contributed by atoms with Crippen LogP contribution in [0.1, 0.15) is 52.4 Å². The van der Waals surface area contributed by atoms with Gasteiger partial charge in [0.05, 0.1) is 29.9 Å². The van der Waals surface area contributed by atoms with Gasteiger partial charge in [0.2, 0.25) is 5.91 Å². The summed E-state index contributed by atoms with van der Waals surface area (Å²) in [5, 5.41) is 16.6. The molecule has 1 aliphatic rings. The molecular formula is C32H33F6N3O4. The quantitative estimate of drug-likeness (QED) is 0.221. The Morgan fingerprint density at radius 3 is 2.20 bits per heavy atom. The van der Waals surface area contributed by atoms with E-state index in [1.54, 1.807) is 54.3 Å². The highest BCUT2D eigenvalue weighted by Crippen LogP contribution is 2.36. The van der Waals surface area contributed by atoms with Crippen LogP contribution in [0.2, 0.25) is 0 Å². The van der Waals surface area contributed by atoms with Crippen LogP contribution < -0.4 is 20.3 Å². The van der Waals surface area contributed by atoms with E-state index < -0.39 is 48.1 Å². The third kappa shape index (κ3) is 9.21. The van der Waals surface area contributed by atoms with Crippen LogP contribution in [0.15, 0.2) is 66.7 Å². The molecule has 7 nitrogen and oxygen atoms in total. The molecule has 1 fully saturated rings. The second-order valence-electron chi connectivity index (χ2n) is 10.7. The normalized spacial score (nSPS) is 15.2. The molecule has 3 aromatic carbocycles. The van der Waals surface area contributed by atoms with Crippen LogP contribution in [0.4, 0.5) is 32.0 Å². The van der Waals surface area contributed by atoms with Crippen LogP contribution in [-0.4, -0.2) is 48.8 Å². The molecule has 0 aliphatic carbocycles. The molecule has 4 rings (SSSR count). The molecular weight excluding hydrogens is 604 g/mol. The number of rotatable bonds is 12. The zero-order chi connectivity index (χ0) is 32.8. The van der Waals surface area contributed by atoms with E-state index in [0.717, 1.165) is 5.56 Å². The Balaban J connectivity index is 1.53. The Morgan fingerprint density at radius 2 is 1.62 bits per heavy atom. The molecule has 45 heavy (non-hydrogen) atoms. The number of halogens is 6. The molecule has 242 valence electrons. The smallest absolute Gasteiger partial charge is 0.416 e. The maximum absolute atomic E-state index is 13.5. The number of nitrogens with one attached hydrogen (secondary N) is 2. The summed E-state index contributed by atoms with van der Waals surface area (Å²) in [7, 11) is 0. The second kappa shape index (κ2) is 14.3. The number of anilines is 1. The lowest BCUT2D eigenvalue weighted by molar-refractivity contribution is -0.143.